The Morgan fingerprint density at radius 2 is 1.62 bits per heavy atom. The first-order chi connectivity index (χ1) is 22.7. The quantitative estimate of drug-likeness (QED) is 0.0568. The van der Waals surface area contributed by atoms with E-state index in [1.54, 1.807) is 12.1 Å². The molecule has 0 unspecified atom stereocenters. The summed E-state index contributed by atoms with van der Waals surface area (Å²) in [6.07, 6.45) is 21.3. The molecule has 12 heteroatoms. The van der Waals surface area contributed by atoms with E-state index >= 15 is 0 Å². The molecule has 0 aromatic heterocycles. The highest BCUT2D eigenvalue weighted by Crippen LogP contribution is 2.40. The molecule has 4 rings (SSSR count). The number of amides is 1. The lowest BCUT2D eigenvalue weighted by molar-refractivity contribution is -0.438. The summed E-state index contributed by atoms with van der Waals surface area (Å²) in [6.45, 7) is 5.49. The molecule has 2 aromatic carbocycles. The van der Waals surface area contributed by atoms with E-state index in [-0.39, 0.29) is 22.8 Å². The largest absolute Gasteiger partial charge is 0.345 e. The van der Waals surface area contributed by atoms with Gasteiger partial charge >= 0.3 is 0 Å². The van der Waals surface area contributed by atoms with Gasteiger partial charge in [-0.05, 0) is 62.9 Å². The fourth-order valence-electron chi connectivity index (χ4n) is 6.12. The summed E-state index contributed by atoms with van der Waals surface area (Å²) >= 11 is 0. The van der Waals surface area contributed by atoms with Crippen molar-refractivity contribution in [3.8, 4) is 12.5 Å². The van der Waals surface area contributed by atoms with Gasteiger partial charge in [-0.1, -0.05) is 55.0 Å². The lowest BCUT2D eigenvalue weighted by Gasteiger charge is -2.21. The SMILES string of the molecule is C#CNC(=O)c1ccc2c(c1)C\C(=C/C=C/C=C/C=C/C1=[N+](CCCCS(=O)(=O)O)c3ccccc3C1(C)C)N2CCCCS(=O)(=O)O. The number of unbranched alkanes of at least 4 members (excludes halogenated alkanes) is 2. The van der Waals surface area contributed by atoms with Crippen LogP contribution in [0.1, 0.15) is 61.0 Å². The number of nitrogens with zero attached hydrogens (tertiary/aromatic N) is 2. The number of carbonyl (C=O) groups is 1. The minimum Gasteiger partial charge on any atom is -0.345 e. The average molecular weight is 693 g/mol. The van der Waals surface area contributed by atoms with Crippen LogP contribution in [0.25, 0.3) is 0 Å². The smallest absolute Gasteiger partial charge is 0.264 e. The van der Waals surface area contributed by atoms with Crippen molar-refractivity contribution in [1.82, 2.24) is 5.32 Å². The van der Waals surface area contributed by atoms with Crippen LogP contribution in [0.3, 0.4) is 0 Å². The first-order valence-electron chi connectivity index (χ1n) is 15.7. The highest BCUT2D eigenvalue weighted by atomic mass is 32.2. The normalized spacial score (nSPS) is 16.7. The molecule has 1 amide bonds. The Hall–Kier alpha value is -4.28. The third kappa shape index (κ3) is 9.64. The van der Waals surface area contributed by atoms with Gasteiger partial charge < -0.3 is 4.90 Å². The Morgan fingerprint density at radius 3 is 2.33 bits per heavy atom. The number of allylic oxidation sites excluding steroid dienone is 8. The van der Waals surface area contributed by atoms with Crippen LogP contribution in [-0.4, -0.2) is 66.7 Å². The molecule has 0 atom stereocenters. The minimum atomic E-state index is -4.03. The Bertz CT molecular complexity index is 1950. The average Bonchev–Trinajstić information content (AvgIpc) is 3.46. The van der Waals surface area contributed by atoms with E-state index in [0.29, 0.717) is 50.8 Å². The number of benzene rings is 2. The standard InChI is InChI=1S/C36H41N3O7S2/c1-4-37-35(40)28-20-21-32-29(26-28)27-30(38(32)22-12-14-24-47(41,42)43)16-8-6-5-7-9-19-34-36(2,3)31-17-10-11-18-33(31)39(34)23-13-15-25-48(44,45)46/h1,5-11,16-21,26H,12-15,22-25,27H2,2-3H3,(H2-,37,40,41,42,43,44,45,46)/p+1. The summed E-state index contributed by atoms with van der Waals surface area (Å²) in [5, 5.41) is 2.36. The Labute approximate surface area is 283 Å². The third-order valence-electron chi connectivity index (χ3n) is 8.39. The van der Waals surface area contributed by atoms with Crippen LogP contribution in [-0.2, 0) is 32.1 Å². The summed E-state index contributed by atoms with van der Waals surface area (Å²) < 4.78 is 65.2. The van der Waals surface area contributed by atoms with Crippen LogP contribution in [0, 0.1) is 12.5 Å². The number of carbonyl (C=O) groups excluding carboxylic acids is 1. The number of anilines is 1. The highest BCUT2D eigenvalue weighted by Gasteiger charge is 2.43. The maximum absolute atomic E-state index is 12.3. The molecule has 2 aliphatic rings. The van der Waals surface area contributed by atoms with E-state index in [9.17, 15) is 21.6 Å². The van der Waals surface area contributed by atoms with E-state index < -0.39 is 20.2 Å². The van der Waals surface area contributed by atoms with Gasteiger partial charge in [0.05, 0.1) is 16.9 Å². The number of fused-ring (bicyclic) bond motifs is 2. The molecule has 2 aliphatic heterocycles. The van der Waals surface area contributed by atoms with Gasteiger partial charge in [-0.3, -0.25) is 19.2 Å². The van der Waals surface area contributed by atoms with E-state index in [0.717, 1.165) is 28.3 Å². The van der Waals surface area contributed by atoms with Gasteiger partial charge in [0, 0.05) is 60.1 Å². The number of hydrogen-bond donors (Lipinski definition) is 3. The van der Waals surface area contributed by atoms with Gasteiger partial charge in [0.1, 0.15) is 6.54 Å². The maximum atomic E-state index is 12.3. The van der Waals surface area contributed by atoms with Gasteiger partial charge in [-0.2, -0.15) is 21.4 Å². The molecule has 0 bridgehead atoms. The van der Waals surface area contributed by atoms with Crippen LogP contribution >= 0.6 is 0 Å². The molecule has 0 saturated heterocycles. The van der Waals surface area contributed by atoms with Crippen molar-refractivity contribution in [3.63, 3.8) is 0 Å². The van der Waals surface area contributed by atoms with Gasteiger partial charge in [0.15, 0.2) is 5.71 Å². The monoisotopic (exact) mass is 692 g/mol. The van der Waals surface area contributed by atoms with Crippen molar-refractivity contribution in [1.29, 1.82) is 0 Å². The Morgan fingerprint density at radius 1 is 0.958 bits per heavy atom. The lowest BCUT2D eigenvalue weighted by atomic mass is 9.81. The first-order valence-corrected chi connectivity index (χ1v) is 18.9. The molecule has 48 heavy (non-hydrogen) atoms. The van der Waals surface area contributed by atoms with Gasteiger partial charge in [0.25, 0.3) is 26.1 Å². The van der Waals surface area contributed by atoms with Crippen molar-refractivity contribution in [2.45, 2.75) is 51.4 Å². The minimum absolute atomic E-state index is 0.256. The van der Waals surface area contributed by atoms with Crippen LogP contribution in [0.15, 0.2) is 90.7 Å². The number of nitrogens with one attached hydrogen (secondary N) is 1. The topological polar surface area (TPSA) is 144 Å². The van der Waals surface area contributed by atoms with Crippen LogP contribution in [0.5, 0.6) is 0 Å². The summed E-state index contributed by atoms with van der Waals surface area (Å²) in [5.41, 5.74) is 6.43. The second kappa shape index (κ2) is 15.7. The van der Waals surface area contributed by atoms with Crippen LogP contribution in [0.2, 0.25) is 0 Å². The van der Waals surface area contributed by atoms with Crippen molar-refractivity contribution in [3.05, 3.63) is 107 Å². The molecule has 0 radical (unpaired) electrons. The van der Waals surface area contributed by atoms with E-state index in [4.69, 9.17) is 15.5 Å². The van der Waals surface area contributed by atoms with Crippen LogP contribution in [0.4, 0.5) is 11.4 Å². The molecule has 2 heterocycles. The second-order valence-electron chi connectivity index (χ2n) is 12.2. The summed E-state index contributed by atoms with van der Waals surface area (Å²) in [5.74, 6) is -0.922. The van der Waals surface area contributed by atoms with E-state index in [1.807, 2.05) is 54.7 Å². The van der Waals surface area contributed by atoms with Crippen molar-refractivity contribution >= 4 is 43.2 Å². The molecule has 10 nitrogen and oxygen atoms in total. The van der Waals surface area contributed by atoms with Crippen LogP contribution < -0.4 is 10.2 Å². The highest BCUT2D eigenvalue weighted by molar-refractivity contribution is 7.86. The molecule has 0 saturated carbocycles. The predicted molar refractivity (Wildman–Crippen MR) is 190 cm³/mol. The molecular formula is C36H42N3O7S2+. The molecule has 0 fully saturated rings. The molecule has 0 aliphatic carbocycles. The van der Waals surface area contributed by atoms with Gasteiger partial charge in [-0.15, -0.1) is 0 Å². The number of rotatable bonds is 15. The summed E-state index contributed by atoms with van der Waals surface area (Å²) in [4.78, 5) is 14.4. The fourth-order valence-corrected chi connectivity index (χ4v) is 7.26. The van der Waals surface area contributed by atoms with E-state index in [2.05, 4.69) is 52.9 Å². The number of hydrogen-bond acceptors (Lipinski definition) is 6. The Balaban J connectivity index is 1.48. The zero-order valence-electron chi connectivity index (χ0n) is 27.2. The summed E-state index contributed by atoms with van der Waals surface area (Å²) in [6, 6.07) is 15.7. The first kappa shape index (κ1) is 36.6. The van der Waals surface area contributed by atoms with Gasteiger partial charge in [-0.25, -0.2) is 0 Å². The van der Waals surface area contributed by atoms with Crippen molar-refractivity contribution < 1.29 is 35.3 Å². The molecule has 3 N–H and O–H groups in total. The fraction of sp³-hybridized carbons (Fsp3) is 0.333. The number of terminal acetylenes is 1. The Kier molecular flexibility index (Phi) is 12.0. The number of para-hydroxylation sites is 1. The molecular weight excluding hydrogens is 651 g/mol. The zero-order chi connectivity index (χ0) is 35.0. The lowest BCUT2D eigenvalue weighted by Crippen LogP contribution is -2.28. The van der Waals surface area contributed by atoms with Crippen molar-refractivity contribution in [2.24, 2.45) is 0 Å². The zero-order valence-corrected chi connectivity index (χ0v) is 28.8. The van der Waals surface area contributed by atoms with Crippen molar-refractivity contribution in [2.75, 3.05) is 29.5 Å². The predicted octanol–water partition coefficient (Wildman–Crippen LogP) is 5.33. The molecule has 2 aromatic rings. The molecule has 0 spiro atoms. The third-order valence-corrected chi connectivity index (χ3v) is 10.0. The maximum Gasteiger partial charge on any atom is 0.264 e. The van der Waals surface area contributed by atoms with Gasteiger partial charge in [0.2, 0.25) is 5.69 Å². The van der Waals surface area contributed by atoms with E-state index in [1.165, 1.54) is 5.56 Å². The second-order valence-corrected chi connectivity index (χ2v) is 15.4. The molecule has 254 valence electrons. The summed E-state index contributed by atoms with van der Waals surface area (Å²) in [7, 11) is -8.02.